The summed E-state index contributed by atoms with van der Waals surface area (Å²) in [6.07, 6.45) is 1.17. The smallest absolute Gasteiger partial charge is 0.00463 e. The highest BCUT2D eigenvalue weighted by Gasteiger charge is 2.18. The van der Waals surface area contributed by atoms with Gasteiger partial charge in [-0.3, -0.25) is 0 Å². The summed E-state index contributed by atoms with van der Waals surface area (Å²) in [7, 11) is 0. The van der Waals surface area contributed by atoms with Crippen molar-refractivity contribution >= 4 is 12.6 Å². The fourth-order valence-electron chi connectivity index (χ4n) is 1.09. The largest absolute Gasteiger partial charge is 0.330 e. The fraction of sp³-hybridized carbons (Fsp3) is 1.00. The van der Waals surface area contributed by atoms with Gasteiger partial charge >= 0.3 is 0 Å². The van der Waals surface area contributed by atoms with Gasteiger partial charge in [0.1, 0.15) is 0 Å². The molecule has 0 rings (SSSR count). The lowest BCUT2D eigenvalue weighted by Gasteiger charge is -2.25. The van der Waals surface area contributed by atoms with E-state index in [2.05, 4.69) is 33.4 Å². The molecule has 0 bridgehead atoms. The first-order valence-electron chi connectivity index (χ1n) is 3.83. The molecule has 0 aromatic carbocycles. The van der Waals surface area contributed by atoms with Crippen LogP contribution in [0.15, 0.2) is 0 Å². The Morgan fingerprint density at radius 2 is 2.00 bits per heavy atom. The van der Waals surface area contributed by atoms with Crippen molar-refractivity contribution in [1.82, 2.24) is 0 Å². The van der Waals surface area contributed by atoms with Gasteiger partial charge in [0.2, 0.25) is 0 Å². The molecule has 0 spiro atoms. The average Bonchev–Trinajstić information content (AvgIpc) is 1.87. The van der Waals surface area contributed by atoms with Crippen LogP contribution in [0.1, 0.15) is 27.2 Å². The van der Waals surface area contributed by atoms with E-state index in [-0.39, 0.29) is 0 Å². The van der Waals surface area contributed by atoms with E-state index < -0.39 is 0 Å². The monoisotopic (exact) mass is 161 g/mol. The van der Waals surface area contributed by atoms with E-state index in [9.17, 15) is 0 Å². The molecule has 1 unspecified atom stereocenters. The molecule has 0 aromatic rings. The number of nitrogens with two attached hydrogens (primary N) is 1. The number of thiol groups is 1. The molecule has 0 heterocycles. The minimum atomic E-state index is 0.349. The summed E-state index contributed by atoms with van der Waals surface area (Å²) in [6.45, 7) is 7.43. The molecule has 0 aliphatic carbocycles. The highest BCUT2D eigenvalue weighted by molar-refractivity contribution is 7.80. The summed E-state index contributed by atoms with van der Waals surface area (Å²) in [6, 6.07) is 0. The number of hydrogen-bond acceptors (Lipinski definition) is 2. The molecule has 10 heavy (non-hydrogen) atoms. The van der Waals surface area contributed by atoms with Gasteiger partial charge in [-0.05, 0) is 30.1 Å². The van der Waals surface area contributed by atoms with E-state index in [1.54, 1.807) is 0 Å². The summed E-state index contributed by atoms with van der Waals surface area (Å²) in [5, 5.41) is 0. The summed E-state index contributed by atoms with van der Waals surface area (Å²) in [5.74, 6) is 1.57. The first-order chi connectivity index (χ1) is 4.52. The molecule has 1 atom stereocenters. The van der Waals surface area contributed by atoms with Gasteiger partial charge in [-0.25, -0.2) is 0 Å². The van der Waals surface area contributed by atoms with Crippen LogP contribution in [-0.4, -0.2) is 12.3 Å². The molecule has 0 aliphatic heterocycles. The van der Waals surface area contributed by atoms with E-state index in [0.717, 1.165) is 12.3 Å². The molecule has 62 valence electrons. The van der Waals surface area contributed by atoms with Crippen molar-refractivity contribution in [3.63, 3.8) is 0 Å². The molecule has 2 N–H and O–H groups in total. The third kappa shape index (κ3) is 4.18. The van der Waals surface area contributed by atoms with Gasteiger partial charge < -0.3 is 5.73 Å². The van der Waals surface area contributed by atoms with Crippen molar-refractivity contribution in [2.24, 2.45) is 17.1 Å². The van der Waals surface area contributed by atoms with Crippen LogP contribution >= 0.6 is 12.6 Å². The molecule has 0 aromatic heterocycles. The Balaban J connectivity index is 3.64. The van der Waals surface area contributed by atoms with Crippen LogP contribution in [0.3, 0.4) is 0 Å². The van der Waals surface area contributed by atoms with Gasteiger partial charge in [0, 0.05) is 0 Å². The number of rotatable bonds is 4. The summed E-state index contributed by atoms with van der Waals surface area (Å²) in [4.78, 5) is 0. The molecule has 1 nitrogen and oxygen atoms in total. The van der Waals surface area contributed by atoms with Crippen molar-refractivity contribution < 1.29 is 0 Å². The first kappa shape index (κ1) is 10.3. The van der Waals surface area contributed by atoms with Crippen molar-refractivity contribution in [1.29, 1.82) is 0 Å². The Morgan fingerprint density at radius 3 is 2.30 bits per heavy atom. The minimum absolute atomic E-state index is 0.349. The quantitative estimate of drug-likeness (QED) is 0.605. The Labute approximate surface area is 69.8 Å². The lowest BCUT2D eigenvalue weighted by Crippen LogP contribution is -2.22. The lowest BCUT2D eigenvalue weighted by atomic mass is 9.85. The third-order valence-electron chi connectivity index (χ3n) is 1.73. The fourth-order valence-corrected chi connectivity index (χ4v) is 1.22. The molecule has 0 saturated carbocycles. The van der Waals surface area contributed by atoms with Crippen LogP contribution in [0, 0.1) is 11.3 Å². The Morgan fingerprint density at radius 1 is 1.50 bits per heavy atom. The molecule has 0 aliphatic rings. The van der Waals surface area contributed by atoms with Crippen LogP contribution in [0.4, 0.5) is 0 Å². The van der Waals surface area contributed by atoms with Crippen LogP contribution in [0.5, 0.6) is 0 Å². The van der Waals surface area contributed by atoms with E-state index in [0.29, 0.717) is 11.3 Å². The standard InChI is InChI=1S/C8H19NS/c1-7(5-9)4-8(2,3)6-10/h7,10H,4-6,9H2,1-3H3. The van der Waals surface area contributed by atoms with Gasteiger partial charge in [-0.15, -0.1) is 0 Å². The molecule has 0 saturated heterocycles. The van der Waals surface area contributed by atoms with E-state index in [1.807, 2.05) is 0 Å². The average molecular weight is 161 g/mol. The maximum absolute atomic E-state index is 5.51. The zero-order valence-corrected chi connectivity index (χ0v) is 8.12. The van der Waals surface area contributed by atoms with E-state index in [4.69, 9.17) is 5.73 Å². The second-order valence-corrected chi connectivity index (χ2v) is 4.18. The minimum Gasteiger partial charge on any atom is -0.330 e. The molecular formula is C8H19NS. The van der Waals surface area contributed by atoms with Gasteiger partial charge in [0.15, 0.2) is 0 Å². The first-order valence-corrected chi connectivity index (χ1v) is 4.46. The molecule has 0 amide bonds. The zero-order valence-electron chi connectivity index (χ0n) is 7.22. The van der Waals surface area contributed by atoms with Gasteiger partial charge in [0.25, 0.3) is 0 Å². The lowest BCUT2D eigenvalue weighted by molar-refractivity contribution is 0.319. The van der Waals surface area contributed by atoms with Gasteiger partial charge in [-0.1, -0.05) is 20.8 Å². The predicted octanol–water partition coefficient (Wildman–Crippen LogP) is 1.93. The van der Waals surface area contributed by atoms with Crippen molar-refractivity contribution in [2.45, 2.75) is 27.2 Å². The molecule has 0 radical (unpaired) electrons. The molecule has 2 heteroatoms. The van der Waals surface area contributed by atoms with Crippen LogP contribution in [-0.2, 0) is 0 Å². The second kappa shape index (κ2) is 4.24. The van der Waals surface area contributed by atoms with Crippen molar-refractivity contribution in [3.05, 3.63) is 0 Å². The molecular weight excluding hydrogens is 142 g/mol. The summed E-state index contributed by atoms with van der Waals surface area (Å²) in [5.41, 5.74) is 5.86. The second-order valence-electron chi connectivity index (χ2n) is 3.87. The van der Waals surface area contributed by atoms with E-state index in [1.165, 1.54) is 6.42 Å². The summed E-state index contributed by atoms with van der Waals surface area (Å²) >= 11 is 4.27. The molecule has 0 fully saturated rings. The predicted molar refractivity (Wildman–Crippen MR) is 50.5 cm³/mol. The van der Waals surface area contributed by atoms with Crippen molar-refractivity contribution in [2.75, 3.05) is 12.3 Å². The van der Waals surface area contributed by atoms with Crippen molar-refractivity contribution in [3.8, 4) is 0 Å². The Bertz CT molecular complexity index is 91.3. The van der Waals surface area contributed by atoms with Crippen LogP contribution < -0.4 is 5.73 Å². The topological polar surface area (TPSA) is 26.0 Å². The number of hydrogen-bond donors (Lipinski definition) is 2. The highest BCUT2D eigenvalue weighted by Crippen LogP contribution is 2.25. The maximum atomic E-state index is 5.51. The van der Waals surface area contributed by atoms with E-state index >= 15 is 0 Å². The third-order valence-corrected chi connectivity index (χ3v) is 2.59. The van der Waals surface area contributed by atoms with Gasteiger partial charge in [-0.2, -0.15) is 12.6 Å². The summed E-state index contributed by atoms with van der Waals surface area (Å²) < 4.78 is 0. The maximum Gasteiger partial charge on any atom is -0.00463 e. The zero-order chi connectivity index (χ0) is 8.20. The van der Waals surface area contributed by atoms with Crippen LogP contribution in [0.25, 0.3) is 0 Å². The normalized spacial score (nSPS) is 15.3. The highest BCUT2D eigenvalue weighted by atomic mass is 32.1. The van der Waals surface area contributed by atoms with Crippen LogP contribution in [0.2, 0.25) is 0 Å². The Kier molecular flexibility index (Phi) is 4.37. The Hall–Kier alpha value is 0.310. The SMILES string of the molecule is CC(CN)CC(C)(C)CS. The van der Waals surface area contributed by atoms with Gasteiger partial charge in [0.05, 0.1) is 0 Å².